The van der Waals surface area contributed by atoms with E-state index in [-0.39, 0.29) is 17.8 Å². The molecule has 0 aromatic carbocycles. The molecule has 3 nitrogen and oxygen atoms in total. The van der Waals surface area contributed by atoms with Crippen LogP contribution in [0.15, 0.2) is 0 Å². The van der Waals surface area contributed by atoms with E-state index in [1.165, 1.54) is 0 Å². The lowest BCUT2D eigenvalue weighted by atomic mass is 10.1. The summed E-state index contributed by atoms with van der Waals surface area (Å²) in [4.78, 5) is 13.4. The third kappa shape index (κ3) is 3.73. The van der Waals surface area contributed by atoms with Crippen LogP contribution in [-0.2, 0) is 9.53 Å². The van der Waals surface area contributed by atoms with Crippen LogP contribution < -0.4 is 0 Å². The van der Waals surface area contributed by atoms with Gasteiger partial charge in [0.2, 0.25) is 5.91 Å². The molecule has 0 aromatic rings. The molecule has 0 aliphatic carbocycles. The van der Waals surface area contributed by atoms with Crippen molar-refractivity contribution in [3.63, 3.8) is 0 Å². The van der Waals surface area contributed by atoms with Gasteiger partial charge in [-0.1, -0.05) is 0 Å². The lowest BCUT2D eigenvalue weighted by molar-refractivity contribution is -0.132. The van der Waals surface area contributed by atoms with Crippen molar-refractivity contribution in [2.24, 2.45) is 0 Å². The van der Waals surface area contributed by atoms with Gasteiger partial charge in [0.1, 0.15) is 5.88 Å². The second-order valence-electron chi connectivity index (χ2n) is 3.52. The molecule has 0 N–H and O–H groups in total. The van der Waals surface area contributed by atoms with Crippen LogP contribution in [0.25, 0.3) is 0 Å². The van der Waals surface area contributed by atoms with Gasteiger partial charge in [-0.15, -0.1) is 23.9 Å². The highest BCUT2D eigenvalue weighted by atomic mass is 35.5. The SMILES string of the molecule is C#CCCN(C(=O)CCl)C1CCOCC1. The van der Waals surface area contributed by atoms with Gasteiger partial charge < -0.3 is 9.64 Å². The van der Waals surface area contributed by atoms with Crippen molar-refractivity contribution < 1.29 is 9.53 Å². The van der Waals surface area contributed by atoms with Crippen molar-refractivity contribution in [2.45, 2.75) is 25.3 Å². The van der Waals surface area contributed by atoms with E-state index < -0.39 is 0 Å². The predicted molar refractivity (Wildman–Crippen MR) is 59.7 cm³/mol. The van der Waals surface area contributed by atoms with Crippen LogP contribution in [0.5, 0.6) is 0 Å². The number of alkyl halides is 1. The third-order valence-electron chi connectivity index (χ3n) is 2.56. The number of nitrogens with zero attached hydrogens (tertiary/aromatic N) is 1. The molecule has 0 spiro atoms. The van der Waals surface area contributed by atoms with Gasteiger partial charge in [0.15, 0.2) is 0 Å². The summed E-state index contributed by atoms with van der Waals surface area (Å²) >= 11 is 5.57. The van der Waals surface area contributed by atoms with Crippen LogP contribution in [0, 0.1) is 12.3 Å². The van der Waals surface area contributed by atoms with Gasteiger partial charge in [0.25, 0.3) is 0 Å². The topological polar surface area (TPSA) is 29.5 Å². The second kappa shape index (κ2) is 6.71. The lowest BCUT2D eigenvalue weighted by Gasteiger charge is -2.33. The monoisotopic (exact) mass is 229 g/mol. The summed E-state index contributed by atoms with van der Waals surface area (Å²) in [5, 5.41) is 0. The van der Waals surface area contributed by atoms with E-state index in [1.807, 2.05) is 0 Å². The second-order valence-corrected chi connectivity index (χ2v) is 3.79. The highest BCUT2D eigenvalue weighted by molar-refractivity contribution is 6.27. The van der Waals surface area contributed by atoms with E-state index >= 15 is 0 Å². The number of halogens is 1. The first-order chi connectivity index (χ1) is 7.29. The van der Waals surface area contributed by atoms with Gasteiger partial charge >= 0.3 is 0 Å². The molecular formula is C11H16ClNO2. The molecule has 0 bridgehead atoms. The number of amides is 1. The number of hydrogen-bond donors (Lipinski definition) is 0. The minimum atomic E-state index is -0.0289. The Bertz CT molecular complexity index is 243. The van der Waals surface area contributed by atoms with Gasteiger partial charge in [0.05, 0.1) is 0 Å². The van der Waals surface area contributed by atoms with Crippen LogP contribution in [0.4, 0.5) is 0 Å². The Morgan fingerprint density at radius 3 is 2.73 bits per heavy atom. The van der Waals surface area contributed by atoms with Gasteiger partial charge in [0, 0.05) is 32.2 Å². The van der Waals surface area contributed by atoms with Crippen LogP contribution in [0.1, 0.15) is 19.3 Å². The van der Waals surface area contributed by atoms with Gasteiger partial charge in [-0.05, 0) is 12.8 Å². The summed E-state index contributed by atoms with van der Waals surface area (Å²) in [7, 11) is 0. The summed E-state index contributed by atoms with van der Waals surface area (Å²) in [6, 6.07) is 0.248. The van der Waals surface area contributed by atoms with Crippen LogP contribution >= 0.6 is 11.6 Å². The van der Waals surface area contributed by atoms with Crippen molar-refractivity contribution in [1.82, 2.24) is 4.90 Å². The molecular weight excluding hydrogens is 214 g/mol. The smallest absolute Gasteiger partial charge is 0.237 e. The van der Waals surface area contributed by atoms with Crippen LogP contribution in [0.2, 0.25) is 0 Å². The minimum Gasteiger partial charge on any atom is -0.381 e. The van der Waals surface area contributed by atoms with Crippen molar-refractivity contribution >= 4 is 17.5 Å². The third-order valence-corrected chi connectivity index (χ3v) is 2.79. The maximum atomic E-state index is 11.6. The zero-order valence-electron chi connectivity index (χ0n) is 8.75. The fraction of sp³-hybridized carbons (Fsp3) is 0.727. The Kier molecular flexibility index (Phi) is 5.52. The first-order valence-corrected chi connectivity index (χ1v) is 5.69. The molecule has 1 aliphatic rings. The fourth-order valence-corrected chi connectivity index (χ4v) is 1.92. The molecule has 1 saturated heterocycles. The Morgan fingerprint density at radius 1 is 1.53 bits per heavy atom. The molecule has 1 aliphatic heterocycles. The number of carbonyl (C=O) groups is 1. The van der Waals surface area contributed by atoms with Crippen molar-refractivity contribution in [2.75, 3.05) is 25.6 Å². The molecule has 15 heavy (non-hydrogen) atoms. The number of carbonyl (C=O) groups excluding carboxylic acids is 1. The maximum absolute atomic E-state index is 11.6. The fourth-order valence-electron chi connectivity index (χ4n) is 1.77. The summed E-state index contributed by atoms with van der Waals surface area (Å²) < 4.78 is 5.26. The normalized spacial score (nSPS) is 17.1. The Labute approximate surface area is 95.7 Å². The summed E-state index contributed by atoms with van der Waals surface area (Å²) in [6.07, 6.45) is 7.55. The standard InChI is InChI=1S/C11H16ClNO2/c1-2-3-6-13(11(14)9-12)10-4-7-15-8-5-10/h1,10H,3-9H2. The first-order valence-electron chi connectivity index (χ1n) is 5.16. The summed E-state index contributed by atoms with van der Waals surface area (Å²) in [5.41, 5.74) is 0. The van der Waals surface area contributed by atoms with E-state index in [1.54, 1.807) is 4.90 Å². The molecule has 1 rings (SSSR count). The Morgan fingerprint density at radius 2 is 2.20 bits per heavy atom. The maximum Gasteiger partial charge on any atom is 0.237 e. The molecule has 1 fully saturated rings. The molecule has 0 atom stereocenters. The largest absolute Gasteiger partial charge is 0.381 e. The number of rotatable bonds is 4. The molecule has 1 heterocycles. The molecule has 0 unspecified atom stereocenters. The first kappa shape index (κ1) is 12.4. The van der Waals surface area contributed by atoms with Gasteiger partial charge in [-0.2, -0.15) is 0 Å². The molecule has 0 saturated carbocycles. The average Bonchev–Trinajstić information content (AvgIpc) is 2.30. The zero-order valence-corrected chi connectivity index (χ0v) is 9.50. The summed E-state index contributed by atoms with van der Waals surface area (Å²) in [6.45, 7) is 2.03. The number of ether oxygens (including phenoxy) is 1. The quantitative estimate of drug-likeness (QED) is 0.537. The van der Waals surface area contributed by atoms with Crippen molar-refractivity contribution in [1.29, 1.82) is 0 Å². The number of terminal acetylenes is 1. The zero-order chi connectivity index (χ0) is 11.1. The molecule has 1 amide bonds. The highest BCUT2D eigenvalue weighted by Gasteiger charge is 2.24. The molecule has 0 aromatic heterocycles. The van der Waals surface area contributed by atoms with Crippen LogP contribution in [0.3, 0.4) is 0 Å². The van der Waals surface area contributed by atoms with Crippen LogP contribution in [-0.4, -0.2) is 42.5 Å². The van der Waals surface area contributed by atoms with E-state index in [4.69, 9.17) is 22.8 Å². The molecule has 84 valence electrons. The van der Waals surface area contributed by atoms with Crippen molar-refractivity contribution in [3.8, 4) is 12.3 Å². The highest BCUT2D eigenvalue weighted by Crippen LogP contribution is 2.15. The Balaban J connectivity index is 2.53. The van der Waals surface area contributed by atoms with Gasteiger partial charge in [-0.3, -0.25) is 4.79 Å². The number of hydrogen-bond acceptors (Lipinski definition) is 2. The van der Waals surface area contributed by atoms with Gasteiger partial charge in [-0.25, -0.2) is 0 Å². The Hall–Kier alpha value is -0.720. The average molecular weight is 230 g/mol. The van der Waals surface area contributed by atoms with E-state index in [0.717, 1.165) is 12.8 Å². The minimum absolute atomic E-state index is 0.0289. The summed E-state index contributed by atoms with van der Waals surface area (Å²) in [5.74, 6) is 2.55. The van der Waals surface area contributed by atoms with E-state index in [2.05, 4.69) is 5.92 Å². The van der Waals surface area contributed by atoms with E-state index in [0.29, 0.717) is 26.2 Å². The lowest BCUT2D eigenvalue weighted by Crippen LogP contribution is -2.44. The molecule has 0 radical (unpaired) electrons. The molecule has 4 heteroatoms. The van der Waals surface area contributed by atoms with E-state index in [9.17, 15) is 4.79 Å². The van der Waals surface area contributed by atoms with Crippen molar-refractivity contribution in [3.05, 3.63) is 0 Å². The predicted octanol–water partition coefficient (Wildman–Crippen LogP) is 1.26.